The molecule has 1 aromatic carbocycles. The highest BCUT2D eigenvalue weighted by Crippen LogP contribution is 2.29. The largest absolute Gasteiger partial charge is 0.349 e. The molecule has 1 saturated carbocycles. The molecule has 0 spiro atoms. The lowest BCUT2D eigenvalue weighted by atomic mass is 9.78. The van der Waals surface area contributed by atoms with E-state index in [9.17, 15) is 13.2 Å². The molecule has 3 unspecified atom stereocenters. The first-order valence-corrected chi connectivity index (χ1v) is 9.54. The number of anilines is 1. The maximum absolute atomic E-state index is 12.4. The van der Waals surface area contributed by atoms with Gasteiger partial charge in [-0.05, 0) is 36.5 Å². The van der Waals surface area contributed by atoms with Crippen LogP contribution in [0.2, 0.25) is 0 Å². The molecule has 0 aliphatic heterocycles. The Kier molecular flexibility index (Phi) is 5.11. The summed E-state index contributed by atoms with van der Waals surface area (Å²) in [4.78, 5) is 12.4. The fourth-order valence-electron chi connectivity index (χ4n) is 2.98. The predicted octanol–water partition coefficient (Wildman–Crippen LogP) is 2.61. The molecule has 1 aliphatic carbocycles. The van der Waals surface area contributed by atoms with E-state index in [1.807, 2.05) is 0 Å². The third-order valence-corrected chi connectivity index (χ3v) is 5.06. The highest BCUT2D eigenvalue weighted by molar-refractivity contribution is 7.92. The number of carbonyl (C=O) groups excluding carboxylic acids is 1. The van der Waals surface area contributed by atoms with Gasteiger partial charge in [0.1, 0.15) is 0 Å². The Morgan fingerprint density at radius 2 is 1.95 bits per heavy atom. The highest BCUT2D eigenvalue weighted by Gasteiger charge is 2.28. The van der Waals surface area contributed by atoms with Gasteiger partial charge in [0.05, 0.1) is 6.26 Å². The first-order chi connectivity index (χ1) is 10.3. The van der Waals surface area contributed by atoms with Crippen molar-refractivity contribution in [1.82, 2.24) is 5.32 Å². The molecule has 6 heteroatoms. The number of benzene rings is 1. The van der Waals surface area contributed by atoms with Crippen molar-refractivity contribution in [3.8, 4) is 0 Å². The molecule has 1 aromatic rings. The summed E-state index contributed by atoms with van der Waals surface area (Å²) in [5, 5.41) is 3.09. The quantitative estimate of drug-likeness (QED) is 0.894. The Hall–Kier alpha value is -1.56. The van der Waals surface area contributed by atoms with Gasteiger partial charge in [0.15, 0.2) is 0 Å². The minimum Gasteiger partial charge on any atom is -0.349 e. The highest BCUT2D eigenvalue weighted by atomic mass is 32.2. The number of hydrogen-bond acceptors (Lipinski definition) is 3. The molecule has 0 radical (unpaired) electrons. The molecule has 5 nitrogen and oxygen atoms in total. The second-order valence-corrected chi connectivity index (χ2v) is 8.05. The Bertz CT molecular complexity index is 643. The SMILES string of the molecule is CC1CCCC(NC(=O)c2cccc(NS(C)(=O)=O)c2)C1C. The lowest BCUT2D eigenvalue weighted by Gasteiger charge is -2.34. The van der Waals surface area contributed by atoms with Crippen LogP contribution in [0.15, 0.2) is 24.3 Å². The smallest absolute Gasteiger partial charge is 0.251 e. The zero-order chi connectivity index (χ0) is 16.3. The summed E-state index contributed by atoms with van der Waals surface area (Å²) in [7, 11) is -3.34. The molecule has 3 atom stereocenters. The van der Waals surface area contributed by atoms with Crippen LogP contribution >= 0.6 is 0 Å². The van der Waals surface area contributed by atoms with Gasteiger partial charge in [-0.3, -0.25) is 9.52 Å². The third-order valence-electron chi connectivity index (χ3n) is 4.45. The van der Waals surface area contributed by atoms with E-state index >= 15 is 0 Å². The summed E-state index contributed by atoms with van der Waals surface area (Å²) in [6.07, 6.45) is 4.43. The standard InChI is InChI=1S/C16H24N2O3S/c1-11-6-4-9-15(12(11)2)17-16(19)13-7-5-8-14(10-13)18-22(3,20)21/h5,7-8,10-12,15,18H,4,6,9H2,1-3H3,(H,17,19). The van der Waals surface area contributed by atoms with Gasteiger partial charge in [-0.1, -0.05) is 32.8 Å². The van der Waals surface area contributed by atoms with Gasteiger partial charge in [-0.25, -0.2) is 8.42 Å². The summed E-state index contributed by atoms with van der Waals surface area (Å²) in [5.41, 5.74) is 0.874. The van der Waals surface area contributed by atoms with Crippen LogP contribution in [0.1, 0.15) is 43.5 Å². The van der Waals surface area contributed by atoms with Crippen LogP contribution in [0, 0.1) is 11.8 Å². The summed E-state index contributed by atoms with van der Waals surface area (Å²) in [6.45, 7) is 4.40. The minimum atomic E-state index is -3.34. The third kappa shape index (κ3) is 4.47. The minimum absolute atomic E-state index is 0.150. The molecule has 1 amide bonds. The molecule has 0 saturated heterocycles. The van der Waals surface area contributed by atoms with Crippen molar-refractivity contribution in [2.45, 2.75) is 39.2 Å². The zero-order valence-corrected chi connectivity index (χ0v) is 14.1. The fraction of sp³-hybridized carbons (Fsp3) is 0.562. The van der Waals surface area contributed by atoms with Crippen molar-refractivity contribution in [1.29, 1.82) is 0 Å². The van der Waals surface area contributed by atoms with Gasteiger partial charge in [-0.15, -0.1) is 0 Å². The number of carbonyl (C=O) groups is 1. The Morgan fingerprint density at radius 1 is 1.23 bits per heavy atom. The predicted molar refractivity (Wildman–Crippen MR) is 88.3 cm³/mol. The fourth-order valence-corrected chi connectivity index (χ4v) is 3.53. The van der Waals surface area contributed by atoms with E-state index in [1.54, 1.807) is 24.3 Å². The molecule has 0 bridgehead atoms. The number of rotatable bonds is 4. The van der Waals surface area contributed by atoms with E-state index in [0.29, 0.717) is 23.1 Å². The molecular formula is C16H24N2O3S. The second kappa shape index (κ2) is 6.69. The maximum atomic E-state index is 12.4. The van der Waals surface area contributed by atoms with Crippen LogP contribution in [0.3, 0.4) is 0 Å². The first kappa shape index (κ1) is 16.8. The van der Waals surface area contributed by atoms with Crippen molar-refractivity contribution in [2.24, 2.45) is 11.8 Å². The van der Waals surface area contributed by atoms with Gasteiger partial charge in [0.2, 0.25) is 10.0 Å². The van der Waals surface area contributed by atoms with Gasteiger partial charge in [0, 0.05) is 17.3 Å². The van der Waals surface area contributed by atoms with Gasteiger partial charge >= 0.3 is 0 Å². The Morgan fingerprint density at radius 3 is 2.64 bits per heavy atom. The summed E-state index contributed by atoms with van der Waals surface area (Å²) in [6, 6.07) is 6.74. The molecule has 2 N–H and O–H groups in total. The van der Waals surface area contributed by atoms with E-state index in [0.717, 1.165) is 19.1 Å². The van der Waals surface area contributed by atoms with Crippen molar-refractivity contribution in [3.63, 3.8) is 0 Å². The molecule has 1 aliphatic rings. The molecule has 22 heavy (non-hydrogen) atoms. The molecule has 0 heterocycles. The monoisotopic (exact) mass is 324 g/mol. The van der Waals surface area contributed by atoms with Gasteiger partial charge < -0.3 is 5.32 Å². The van der Waals surface area contributed by atoms with E-state index in [4.69, 9.17) is 0 Å². The average Bonchev–Trinajstić information content (AvgIpc) is 2.42. The summed E-state index contributed by atoms with van der Waals surface area (Å²) >= 11 is 0. The van der Waals surface area contributed by atoms with E-state index in [1.165, 1.54) is 6.42 Å². The average molecular weight is 324 g/mol. The van der Waals surface area contributed by atoms with E-state index in [-0.39, 0.29) is 11.9 Å². The van der Waals surface area contributed by atoms with Crippen LogP contribution in [-0.2, 0) is 10.0 Å². The van der Waals surface area contributed by atoms with E-state index < -0.39 is 10.0 Å². The van der Waals surface area contributed by atoms with Crippen molar-refractivity contribution >= 4 is 21.6 Å². The maximum Gasteiger partial charge on any atom is 0.251 e. The van der Waals surface area contributed by atoms with Crippen molar-refractivity contribution in [2.75, 3.05) is 11.0 Å². The first-order valence-electron chi connectivity index (χ1n) is 7.65. The molecule has 122 valence electrons. The Labute approximate surface area is 132 Å². The lowest BCUT2D eigenvalue weighted by Crippen LogP contribution is -2.43. The number of nitrogens with one attached hydrogen (secondary N) is 2. The molecule has 0 aromatic heterocycles. The second-order valence-electron chi connectivity index (χ2n) is 6.30. The van der Waals surface area contributed by atoms with Gasteiger partial charge in [-0.2, -0.15) is 0 Å². The lowest BCUT2D eigenvalue weighted by molar-refractivity contribution is 0.0891. The summed E-state index contributed by atoms with van der Waals surface area (Å²) in [5.74, 6) is 0.912. The molecular weight excluding hydrogens is 300 g/mol. The number of sulfonamides is 1. The number of hydrogen-bond donors (Lipinski definition) is 2. The summed E-state index contributed by atoms with van der Waals surface area (Å²) < 4.78 is 24.9. The van der Waals surface area contributed by atoms with Crippen LogP contribution < -0.4 is 10.0 Å². The van der Waals surface area contributed by atoms with Crippen molar-refractivity contribution < 1.29 is 13.2 Å². The van der Waals surface area contributed by atoms with Crippen molar-refractivity contribution in [3.05, 3.63) is 29.8 Å². The molecule has 2 rings (SSSR count). The van der Waals surface area contributed by atoms with Crippen LogP contribution in [0.25, 0.3) is 0 Å². The van der Waals surface area contributed by atoms with Crippen LogP contribution in [-0.4, -0.2) is 26.6 Å². The van der Waals surface area contributed by atoms with Gasteiger partial charge in [0.25, 0.3) is 5.91 Å². The Balaban J connectivity index is 2.08. The molecule has 1 fully saturated rings. The van der Waals surface area contributed by atoms with E-state index in [2.05, 4.69) is 23.9 Å². The normalized spacial score (nSPS) is 25.5. The topological polar surface area (TPSA) is 75.3 Å². The van der Waals surface area contributed by atoms with Crippen LogP contribution in [0.5, 0.6) is 0 Å². The van der Waals surface area contributed by atoms with Crippen LogP contribution in [0.4, 0.5) is 5.69 Å². The number of amides is 1. The zero-order valence-electron chi connectivity index (χ0n) is 13.3.